The molecule has 0 saturated carbocycles. The van der Waals surface area contributed by atoms with Crippen molar-refractivity contribution >= 4 is 5.91 Å². The van der Waals surface area contributed by atoms with Crippen molar-refractivity contribution in [2.24, 2.45) is 0 Å². The smallest absolute Gasteiger partial charge is 0.254 e. The Bertz CT molecular complexity index is 669. The Labute approximate surface area is 129 Å². The summed E-state index contributed by atoms with van der Waals surface area (Å²) in [4.78, 5) is 12.5. The van der Waals surface area contributed by atoms with Gasteiger partial charge in [-0.3, -0.25) is 4.79 Å². The first-order chi connectivity index (χ1) is 10.7. The number of carbonyl (C=O) groups excluding carboxylic acids is 1. The number of nitrogens with one attached hydrogen (secondary N) is 1. The number of ether oxygens (including phenoxy) is 1. The molecule has 0 aliphatic heterocycles. The predicted molar refractivity (Wildman–Crippen MR) is 83.5 cm³/mol. The third kappa shape index (κ3) is 2.70. The van der Waals surface area contributed by atoms with Crippen LogP contribution in [0.1, 0.15) is 35.3 Å². The van der Waals surface area contributed by atoms with Crippen molar-refractivity contribution in [2.45, 2.75) is 25.0 Å². The fraction of sp³-hybridized carbons (Fsp3) is 0.278. The van der Waals surface area contributed by atoms with Crippen LogP contribution in [0.25, 0.3) is 0 Å². The van der Waals surface area contributed by atoms with E-state index in [-0.39, 0.29) is 11.9 Å². The molecule has 2 atom stereocenters. The van der Waals surface area contributed by atoms with E-state index in [1.54, 1.807) is 6.07 Å². The molecule has 2 N–H and O–H groups in total. The van der Waals surface area contributed by atoms with Crippen LogP contribution in [0.4, 0.5) is 0 Å². The second kappa shape index (κ2) is 6.20. The van der Waals surface area contributed by atoms with Crippen LogP contribution in [0, 0.1) is 0 Å². The average molecular weight is 297 g/mol. The Morgan fingerprint density at radius 3 is 2.73 bits per heavy atom. The number of phenolic OH excluding ortho intramolecular Hbond substituents is 1. The highest BCUT2D eigenvalue weighted by Gasteiger charge is 2.29. The normalized spacial score (nSPS) is 17.8. The van der Waals surface area contributed by atoms with Gasteiger partial charge >= 0.3 is 0 Å². The number of hydrogen-bond acceptors (Lipinski definition) is 3. The summed E-state index contributed by atoms with van der Waals surface area (Å²) in [5, 5.41) is 12.9. The minimum absolute atomic E-state index is 0.0732. The number of fused-ring (bicyclic) bond motifs is 1. The monoisotopic (exact) mass is 297 g/mol. The molecule has 1 aliphatic carbocycles. The summed E-state index contributed by atoms with van der Waals surface area (Å²) in [6, 6.07) is 14.8. The van der Waals surface area contributed by atoms with Crippen LogP contribution in [0.2, 0.25) is 0 Å². The fourth-order valence-corrected chi connectivity index (χ4v) is 3.05. The zero-order valence-corrected chi connectivity index (χ0v) is 12.5. The predicted octanol–water partition coefficient (Wildman–Crippen LogP) is 2.88. The largest absolute Gasteiger partial charge is 0.508 e. The fourth-order valence-electron chi connectivity index (χ4n) is 3.05. The van der Waals surface area contributed by atoms with E-state index in [9.17, 15) is 9.90 Å². The topological polar surface area (TPSA) is 58.6 Å². The van der Waals surface area contributed by atoms with Crippen LogP contribution in [0.5, 0.6) is 5.75 Å². The van der Waals surface area contributed by atoms with E-state index >= 15 is 0 Å². The number of hydrogen-bond donors (Lipinski definition) is 2. The van der Waals surface area contributed by atoms with E-state index in [0.29, 0.717) is 5.75 Å². The van der Waals surface area contributed by atoms with Crippen molar-refractivity contribution in [1.82, 2.24) is 5.32 Å². The second-order valence-electron chi connectivity index (χ2n) is 5.47. The number of aromatic hydroxyl groups is 1. The number of carbonyl (C=O) groups is 1. The van der Waals surface area contributed by atoms with Crippen molar-refractivity contribution in [3.63, 3.8) is 0 Å². The number of benzene rings is 2. The van der Waals surface area contributed by atoms with Gasteiger partial charge in [-0.05, 0) is 35.6 Å². The molecule has 0 bridgehead atoms. The molecule has 114 valence electrons. The number of amides is 1. The molecule has 0 heterocycles. The van der Waals surface area contributed by atoms with Gasteiger partial charge in [-0.1, -0.05) is 42.5 Å². The van der Waals surface area contributed by atoms with Gasteiger partial charge in [0.05, 0.1) is 6.04 Å². The lowest BCUT2D eigenvalue weighted by molar-refractivity contribution is -0.132. The number of methoxy groups -OCH3 is 1. The zero-order valence-electron chi connectivity index (χ0n) is 12.5. The first-order valence-corrected chi connectivity index (χ1v) is 7.39. The molecule has 22 heavy (non-hydrogen) atoms. The van der Waals surface area contributed by atoms with Crippen LogP contribution >= 0.6 is 0 Å². The quantitative estimate of drug-likeness (QED) is 0.912. The van der Waals surface area contributed by atoms with Gasteiger partial charge in [0.25, 0.3) is 5.91 Å². The summed E-state index contributed by atoms with van der Waals surface area (Å²) < 4.78 is 5.36. The van der Waals surface area contributed by atoms with Gasteiger partial charge in [0.1, 0.15) is 5.75 Å². The van der Waals surface area contributed by atoms with Crippen molar-refractivity contribution in [1.29, 1.82) is 0 Å². The Morgan fingerprint density at radius 1 is 1.23 bits per heavy atom. The molecular weight excluding hydrogens is 278 g/mol. The van der Waals surface area contributed by atoms with Crippen LogP contribution in [0.3, 0.4) is 0 Å². The lowest BCUT2D eigenvalue weighted by Gasteiger charge is -2.20. The molecule has 4 heteroatoms. The minimum atomic E-state index is -0.623. The van der Waals surface area contributed by atoms with Crippen LogP contribution in [-0.4, -0.2) is 18.1 Å². The van der Waals surface area contributed by atoms with Gasteiger partial charge in [0.2, 0.25) is 0 Å². The summed E-state index contributed by atoms with van der Waals surface area (Å²) >= 11 is 0. The maximum absolute atomic E-state index is 12.5. The Balaban J connectivity index is 1.77. The zero-order chi connectivity index (χ0) is 15.5. The molecule has 4 nitrogen and oxygen atoms in total. The SMILES string of the molecule is CO[C@@H](C(=O)NC1CCc2c(O)cccc21)c1ccccc1. The molecule has 0 spiro atoms. The molecule has 1 unspecified atom stereocenters. The molecule has 0 aromatic heterocycles. The average Bonchev–Trinajstić information content (AvgIpc) is 2.94. The van der Waals surface area contributed by atoms with Crippen molar-refractivity contribution in [2.75, 3.05) is 7.11 Å². The van der Waals surface area contributed by atoms with E-state index in [1.165, 1.54) is 7.11 Å². The van der Waals surface area contributed by atoms with Crippen molar-refractivity contribution in [3.8, 4) is 5.75 Å². The molecule has 1 amide bonds. The molecule has 2 aromatic rings. The Hall–Kier alpha value is -2.33. The highest BCUT2D eigenvalue weighted by molar-refractivity contribution is 5.82. The summed E-state index contributed by atoms with van der Waals surface area (Å²) in [5.41, 5.74) is 2.76. The standard InChI is InChI=1S/C18H19NO3/c1-22-17(12-6-3-2-4-7-12)18(21)19-15-11-10-14-13(15)8-5-9-16(14)20/h2-9,15,17,20H,10-11H2,1H3,(H,19,21)/t15?,17-/m1/s1. The first kappa shape index (κ1) is 14.6. The summed E-state index contributed by atoms with van der Waals surface area (Å²) in [6.45, 7) is 0. The van der Waals surface area contributed by atoms with Gasteiger partial charge in [0.15, 0.2) is 6.10 Å². The molecule has 0 fully saturated rings. The van der Waals surface area contributed by atoms with Crippen LogP contribution in [-0.2, 0) is 16.0 Å². The molecule has 2 aromatic carbocycles. The maximum Gasteiger partial charge on any atom is 0.254 e. The summed E-state index contributed by atoms with van der Waals surface area (Å²) in [6.07, 6.45) is 0.947. The van der Waals surface area contributed by atoms with Crippen molar-refractivity contribution in [3.05, 3.63) is 65.2 Å². The third-order valence-electron chi connectivity index (χ3n) is 4.14. The molecule has 0 radical (unpaired) electrons. The van der Waals surface area contributed by atoms with E-state index in [0.717, 1.165) is 29.5 Å². The lowest BCUT2D eigenvalue weighted by atomic mass is 10.1. The second-order valence-corrected chi connectivity index (χ2v) is 5.47. The van der Waals surface area contributed by atoms with E-state index < -0.39 is 6.10 Å². The van der Waals surface area contributed by atoms with E-state index in [1.807, 2.05) is 42.5 Å². The third-order valence-corrected chi connectivity index (χ3v) is 4.14. The van der Waals surface area contributed by atoms with Crippen molar-refractivity contribution < 1.29 is 14.6 Å². The molecule has 3 rings (SSSR count). The molecule has 1 aliphatic rings. The highest BCUT2D eigenvalue weighted by Crippen LogP contribution is 2.36. The Morgan fingerprint density at radius 2 is 2.00 bits per heavy atom. The Kier molecular flexibility index (Phi) is 4.11. The minimum Gasteiger partial charge on any atom is -0.508 e. The lowest BCUT2D eigenvalue weighted by Crippen LogP contribution is -2.32. The number of phenols is 1. The summed E-state index contributed by atoms with van der Waals surface area (Å²) in [5.74, 6) is 0.149. The van der Waals surface area contributed by atoms with Gasteiger partial charge in [-0.15, -0.1) is 0 Å². The van der Waals surface area contributed by atoms with Gasteiger partial charge in [-0.25, -0.2) is 0 Å². The van der Waals surface area contributed by atoms with Crippen LogP contribution < -0.4 is 5.32 Å². The van der Waals surface area contributed by atoms with Crippen LogP contribution in [0.15, 0.2) is 48.5 Å². The van der Waals surface area contributed by atoms with Gasteiger partial charge in [-0.2, -0.15) is 0 Å². The van der Waals surface area contributed by atoms with Gasteiger partial charge in [0, 0.05) is 7.11 Å². The number of rotatable bonds is 4. The summed E-state index contributed by atoms with van der Waals surface area (Å²) in [7, 11) is 1.53. The van der Waals surface area contributed by atoms with E-state index in [2.05, 4.69) is 5.32 Å². The molecular formula is C18H19NO3. The highest BCUT2D eigenvalue weighted by atomic mass is 16.5. The van der Waals surface area contributed by atoms with E-state index in [4.69, 9.17) is 4.74 Å². The maximum atomic E-state index is 12.5. The van der Waals surface area contributed by atoms with Gasteiger partial charge < -0.3 is 15.2 Å². The molecule has 0 saturated heterocycles. The first-order valence-electron chi connectivity index (χ1n) is 7.39.